The Balaban J connectivity index is 1.54. The zero-order valence-electron chi connectivity index (χ0n) is 15.6. The van der Waals surface area contributed by atoms with Gasteiger partial charge in [-0.2, -0.15) is 0 Å². The number of benzene rings is 1. The van der Waals surface area contributed by atoms with Crippen molar-refractivity contribution in [3.05, 3.63) is 40.4 Å². The van der Waals surface area contributed by atoms with Gasteiger partial charge in [-0.05, 0) is 12.1 Å². The van der Waals surface area contributed by atoms with Crippen LogP contribution in [-0.4, -0.2) is 73.4 Å². The highest BCUT2D eigenvalue weighted by molar-refractivity contribution is 7.13. The summed E-state index contributed by atoms with van der Waals surface area (Å²) in [5, 5.41) is 3.42. The number of carbonyl (C=O) groups excluding carboxylic acids is 2. The van der Waals surface area contributed by atoms with Crippen molar-refractivity contribution in [1.82, 2.24) is 14.8 Å². The molecule has 1 fully saturated rings. The van der Waals surface area contributed by atoms with Crippen LogP contribution in [0.4, 0.5) is 0 Å². The van der Waals surface area contributed by atoms with Crippen molar-refractivity contribution in [3.63, 3.8) is 0 Å². The van der Waals surface area contributed by atoms with Crippen LogP contribution in [0, 0.1) is 0 Å². The lowest BCUT2D eigenvalue weighted by Gasteiger charge is -2.31. The number of nitrogens with zero attached hydrogens (tertiary/aromatic N) is 3. The molecular weight excluding hydrogens is 384 g/mol. The van der Waals surface area contributed by atoms with Gasteiger partial charge in [0, 0.05) is 23.0 Å². The first-order chi connectivity index (χ1) is 12.9. The van der Waals surface area contributed by atoms with Gasteiger partial charge in [0.1, 0.15) is 5.01 Å². The first-order valence-corrected chi connectivity index (χ1v) is 10.2. The van der Waals surface area contributed by atoms with Gasteiger partial charge in [-0.3, -0.25) is 9.59 Å². The van der Waals surface area contributed by atoms with Gasteiger partial charge in [0.25, 0.3) is 0 Å². The molecule has 27 heavy (non-hydrogen) atoms. The molecule has 0 unspecified atom stereocenters. The van der Waals surface area contributed by atoms with Gasteiger partial charge in [-0.25, -0.2) is 4.98 Å². The fourth-order valence-electron chi connectivity index (χ4n) is 2.93. The Morgan fingerprint density at radius 2 is 1.93 bits per heavy atom. The van der Waals surface area contributed by atoms with E-state index in [2.05, 4.69) is 12.0 Å². The van der Waals surface area contributed by atoms with Crippen LogP contribution in [0.3, 0.4) is 0 Å². The standard InChI is InChI=1S/C19H23ClN4O2S/c1-22-7-9-24(10-8-22)18(26)12-23(2)17(25)11-16-13-27-19(21-16)14-3-5-15(20)6-4-14/h3-6,13H,7-12H2,1-2H3/p+1. The average Bonchev–Trinajstić information content (AvgIpc) is 3.11. The molecule has 0 aliphatic carbocycles. The lowest BCUT2D eigenvalue weighted by molar-refractivity contribution is -0.883. The molecule has 0 spiro atoms. The summed E-state index contributed by atoms with van der Waals surface area (Å²) in [5.41, 5.74) is 1.70. The number of amides is 2. The number of hydrogen-bond acceptors (Lipinski definition) is 4. The summed E-state index contributed by atoms with van der Waals surface area (Å²) in [7, 11) is 3.80. The zero-order valence-corrected chi connectivity index (χ0v) is 17.1. The average molecular weight is 408 g/mol. The number of quaternary nitrogens is 1. The van der Waals surface area contributed by atoms with Crippen LogP contribution in [0.25, 0.3) is 10.6 Å². The Bertz CT molecular complexity index is 800. The number of carbonyl (C=O) groups is 2. The molecule has 1 aliphatic heterocycles. The van der Waals surface area contributed by atoms with Crippen LogP contribution >= 0.6 is 22.9 Å². The maximum absolute atomic E-state index is 12.5. The van der Waals surface area contributed by atoms with Gasteiger partial charge in [0.2, 0.25) is 11.8 Å². The summed E-state index contributed by atoms with van der Waals surface area (Å²) in [5.74, 6) is -0.0884. The summed E-state index contributed by atoms with van der Waals surface area (Å²) in [6, 6.07) is 7.47. The molecule has 1 aromatic carbocycles. The number of hydrogen-bond donors (Lipinski definition) is 1. The number of piperazine rings is 1. The Morgan fingerprint density at radius 1 is 1.26 bits per heavy atom. The van der Waals surface area contributed by atoms with Crippen LogP contribution in [0.5, 0.6) is 0 Å². The van der Waals surface area contributed by atoms with E-state index in [4.69, 9.17) is 11.6 Å². The minimum absolute atomic E-state index is 0.0125. The van der Waals surface area contributed by atoms with Gasteiger partial charge >= 0.3 is 0 Å². The van der Waals surface area contributed by atoms with E-state index in [1.807, 2.05) is 34.5 Å². The lowest BCUT2D eigenvalue weighted by atomic mass is 10.2. The molecule has 2 heterocycles. The quantitative estimate of drug-likeness (QED) is 0.798. The molecule has 2 aromatic rings. The van der Waals surface area contributed by atoms with E-state index in [0.717, 1.165) is 42.4 Å². The molecule has 1 aromatic heterocycles. The third-order valence-electron chi connectivity index (χ3n) is 4.74. The van der Waals surface area contributed by atoms with Crippen molar-refractivity contribution in [3.8, 4) is 10.6 Å². The van der Waals surface area contributed by atoms with Crippen LogP contribution < -0.4 is 4.90 Å². The van der Waals surface area contributed by atoms with Crippen molar-refractivity contribution < 1.29 is 14.5 Å². The van der Waals surface area contributed by atoms with E-state index >= 15 is 0 Å². The van der Waals surface area contributed by atoms with Crippen molar-refractivity contribution in [2.75, 3.05) is 46.8 Å². The number of likely N-dealkylation sites (N-methyl/N-ethyl adjacent to an activating group) is 2. The predicted molar refractivity (Wildman–Crippen MR) is 107 cm³/mol. The summed E-state index contributed by atoms with van der Waals surface area (Å²) in [6.45, 7) is 3.53. The highest BCUT2D eigenvalue weighted by atomic mass is 35.5. The third-order valence-corrected chi connectivity index (χ3v) is 5.94. The van der Waals surface area contributed by atoms with Crippen LogP contribution in [0.1, 0.15) is 5.69 Å². The fraction of sp³-hybridized carbons (Fsp3) is 0.421. The molecule has 144 valence electrons. The van der Waals surface area contributed by atoms with Gasteiger partial charge in [-0.15, -0.1) is 11.3 Å². The monoisotopic (exact) mass is 407 g/mol. The van der Waals surface area contributed by atoms with E-state index in [1.165, 1.54) is 21.1 Å². The highest BCUT2D eigenvalue weighted by Crippen LogP contribution is 2.25. The van der Waals surface area contributed by atoms with E-state index in [0.29, 0.717) is 5.02 Å². The summed E-state index contributed by atoms with van der Waals surface area (Å²) < 4.78 is 0. The van der Waals surface area contributed by atoms with Gasteiger partial charge in [-0.1, -0.05) is 23.7 Å². The minimum Gasteiger partial charge on any atom is -0.336 e. The highest BCUT2D eigenvalue weighted by Gasteiger charge is 2.23. The third kappa shape index (κ3) is 5.28. The second-order valence-corrected chi connectivity index (χ2v) is 8.21. The van der Waals surface area contributed by atoms with E-state index in [9.17, 15) is 9.59 Å². The van der Waals surface area contributed by atoms with Crippen LogP contribution in [-0.2, 0) is 16.0 Å². The molecule has 0 bridgehead atoms. The van der Waals surface area contributed by atoms with Crippen LogP contribution in [0.2, 0.25) is 5.02 Å². The summed E-state index contributed by atoms with van der Waals surface area (Å²) >= 11 is 7.41. The molecule has 6 nitrogen and oxygen atoms in total. The van der Waals surface area contributed by atoms with E-state index in [-0.39, 0.29) is 24.8 Å². The predicted octanol–water partition coefficient (Wildman–Crippen LogP) is 0.821. The number of rotatable bonds is 5. The zero-order chi connectivity index (χ0) is 19.4. The molecule has 1 aliphatic rings. The van der Waals surface area contributed by atoms with Crippen molar-refractivity contribution in [2.45, 2.75) is 6.42 Å². The Labute approximate surface area is 168 Å². The normalized spacial score (nSPS) is 15.0. The maximum atomic E-state index is 12.5. The Hall–Kier alpha value is -1.96. The van der Waals surface area contributed by atoms with Crippen molar-refractivity contribution in [2.24, 2.45) is 0 Å². The summed E-state index contributed by atoms with van der Waals surface area (Å²) in [6.07, 6.45) is 0.195. The molecule has 1 saturated heterocycles. The lowest BCUT2D eigenvalue weighted by Crippen LogP contribution is -3.12. The van der Waals surface area contributed by atoms with E-state index < -0.39 is 0 Å². The van der Waals surface area contributed by atoms with E-state index in [1.54, 1.807) is 7.05 Å². The Kier molecular flexibility index (Phi) is 6.46. The maximum Gasteiger partial charge on any atom is 0.242 e. The van der Waals surface area contributed by atoms with Gasteiger partial charge in [0.05, 0.1) is 51.9 Å². The van der Waals surface area contributed by atoms with Crippen molar-refractivity contribution >= 4 is 34.8 Å². The first-order valence-electron chi connectivity index (χ1n) is 8.96. The molecule has 0 atom stereocenters. The Morgan fingerprint density at radius 3 is 2.59 bits per heavy atom. The molecule has 2 amide bonds. The molecule has 3 rings (SSSR count). The summed E-state index contributed by atoms with van der Waals surface area (Å²) in [4.78, 5) is 34.2. The van der Waals surface area contributed by atoms with Gasteiger partial charge in [0.15, 0.2) is 0 Å². The molecular formula is C19H24ClN4O2S+. The second kappa shape index (κ2) is 8.82. The number of aromatic nitrogens is 1. The topological polar surface area (TPSA) is 58.0 Å². The molecule has 0 saturated carbocycles. The molecule has 0 radical (unpaired) electrons. The van der Waals surface area contributed by atoms with Crippen molar-refractivity contribution in [1.29, 1.82) is 0 Å². The molecule has 1 N–H and O–H groups in total. The smallest absolute Gasteiger partial charge is 0.242 e. The second-order valence-electron chi connectivity index (χ2n) is 6.92. The minimum atomic E-state index is -0.101. The molecule has 8 heteroatoms. The first kappa shape index (κ1) is 19.8. The SMILES string of the molecule is CN(CC(=O)N1CC[NH+](C)CC1)C(=O)Cc1csc(-c2ccc(Cl)cc2)n1. The van der Waals surface area contributed by atoms with Gasteiger partial charge < -0.3 is 14.7 Å². The van der Waals surface area contributed by atoms with Crippen LogP contribution in [0.15, 0.2) is 29.6 Å². The fourth-order valence-corrected chi connectivity index (χ4v) is 3.88. The number of thiazole rings is 1. The number of halogens is 1. The largest absolute Gasteiger partial charge is 0.336 e. The number of nitrogens with one attached hydrogen (secondary N) is 1.